The lowest BCUT2D eigenvalue weighted by Gasteiger charge is -2.51. The Morgan fingerprint density at radius 2 is 1.90 bits per heavy atom. The number of anilines is 1. The fraction of sp³-hybridized carbons (Fsp3) is 0.606. The standard InChI is InChI=1S/C33H40Cl2N2O4/c1-19(38)27-7-4-20(18-41-27)14-26(39)23-17-32(11-9-31(2,3)10-12-32)33(29(23)21-8-13-36-28(35)15-21)24-6-5-22(34)16-25(24)37-30(33)40/h5-6,8,13,15-16,19-20,23,27,29,38H,4,7,9-12,14,17-18H2,1-3H3,(H,37,40)/t19?,20-,23-,27-,29-,33+/m0/s1. The van der Waals surface area contributed by atoms with Crippen LogP contribution in [0.4, 0.5) is 5.69 Å². The number of aliphatic hydroxyl groups is 1. The van der Waals surface area contributed by atoms with Crippen molar-refractivity contribution >= 4 is 40.6 Å². The number of hydrogen-bond donors (Lipinski definition) is 2. The number of carbonyl (C=O) groups is 2. The van der Waals surface area contributed by atoms with Crippen LogP contribution in [-0.2, 0) is 19.7 Å². The summed E-state index contributed by atoms with van der Waals surface area (Å²) in [7, 11) is 0. The molecule has 2 aromatic rings. The molecule has 4 aliphatic rings. The second-order valence-electron chi connectivity index (χ2n) is 13.8. The molecule has 3 fully saturated rings. The van der Waals surface area contributed by atoms with Crippen LogP contribution >= 0.6 is 23.2 Å². The SMILES string of the molecule is CC(O)[C@@H]1CC[C@@H](CC(=O)[C@@H]2CC3(CCC(C)(C)CC3)[C@@]3(C(=O)Nc4cc(Cl)ccc43)[C@H]2c2ccnc(Cl)c2)CO1. The van der Waals surface area contributed by atoms with Gasteiger partial charge in [0.05, 0.1) is 24.2 Å². The van der Waals surface area contributed by atoms with Crippen molar-refractivity contribution in [3.63, 3.8) is 0 Å². The Morgan fingerprint density at radius 3 is 2.56 bits per heavy atom. The van der Waals surface area contributed by atoms with Crippen molar-refractivity contribution in [1.29, 1.82) is 0 Å². The highest BCUT2D eigenvalue weighted by molar-refractivity contribution is 6.31. The monoisotopic (exact) mass is 598 g/mol. The van der Waals surface area contributed by atoms with Crippen molar-refractivity contribution in [3.05, 3.63) is 57.8 Å². The van der Waals surface area contributed by atoms with Crippen molar-refractivity contribution in [3.8, 4) is 0 Å². The lowest BCUT2D eigenvalue weighted by molar-refractivity contribution is -0.128. The van der Waals surface area contributed by atoms with E-state index in [9.17, 15) is 14.7 Å². The van der Waals surface area contributed by atoms with E-state index >= 15 is 0 Å². The molecule has 2 aliphatic heterocycles. The summed E-state index contributed by atoms with van der Waals surface area (Å²) in [6, 6.07) is 9.49. The first kappa shape index (κ1) is 29.1. The van der Waals surface area contributed by atoms with Crippen LogP contribution in [0.2, 0.25) is 10.2 Å². The van der Waals surface area contributed by atoms with E-state index in [-0.39, 0.29) is 46.4 Å². The molecule has 0 bridgehead atoms. The summed E-state index contributed by atoms with van der Waals surface area (Å²) in [5.41, 5.74) is 1.45. The number of nitrogens with one attached hydrogen (secondary N) is 1. The molecule has 1 saturated heterocycles. The molecule has 1 amide bonds. The third-order valence-corrected chi connectivity index (χ3v) is 11.3. The molecule has 1 unspecified atom stereocenters. The Kier molecular flexibility index (Phi) is 7.54. The van der Waals surface area contributed by atoms with Gasteiger partial charge in [0.2, 0.25) is 5.91 Å². The average molecular weight is 600 g/mol. The van der Waals surface area contributed by atoms with Gasteiger partial charge in [-0.1, -0.05) is 43.1 Å². The number of aromatic nitrogens is 1. The number of Topliss-reactive ketones (excluding diaryl/α,β-unsaturated/α-hetero) is 1. The summed E-state index contributed by atoms with van der Waals surface area (Å²) >= 11 is 12.9. The third kappa shape index (κ3) is 4.83. The maximum absolute atomic E-state index is 14.6. The molecule has 1 aromatic carbocycles. The van der Waals surface area contributed by atoms with Gasteiger partial charge >= 0.3 is 0 Å². The lowest BCUT2D eigenvalue weighted by Crippen LogP contribution is -2.52. The highest BCUT2D eigenvalue weighted by atomic mass is 35.5. The molecule has 2 spiro atoms. The molecule has 41 heavy (non-hydrogen) atoms. The predicted molar refractivity (Wildman–Crippen MR) is 160 cm³/mol. The van der Waals surface area contributed by atoms with Crippen LogP contribution in [-0.4, -0.2) is 40.6 Å². The number of halogens is 2. The van der Waals surface area contributed by atoms with Gasteiger partial charge in [0, 0.05) is 35.2 Å². The van der Waals surface area contributed by atoms with E-state index in [0.29, 0.717) is 29.6 Å². The molecule has 6 rings (SSSR count). The Morgan fingerprint density at radius 1 is 1.15 bits per heavy atom. The van der Waals surface area contributed by atoms with E-state index in [1.807, 2.05) is 30.3 Å². The number of amides is 1. The third-order valence-electron chi connectivity index (χ3n) is 10.8. The second kappa shape index (κ2) is 10.6. The van der Waals surface area contributed by atoms with Gasteiger partial charge in [-0.3, -0.25) is 9.59 Å². The Balaban J connectivity index is 1.46. The second-order valence-corrected chi connectivity index (χ2v) is 14.6. The first-order valence-corrected chi connectivity index (χ1v) is 15.8. The van der Waals surface area contributed by atoms with Gasteiger partial charge < -0.3 is 15.2 Å². The largest absolute Gasteiger partial charge is 0.391 e. The fourth-order valence-corrected chi connectivity index (χ4v) is 9.03. The summed E-state index contributed by atoms with van der Waals surface area (Å²) in [5.74, 6) is -0.488. The zero-order valence-electron chi connectivity index (χ0n) is 24.1. The number of aliphatic hydroxyl groups excluding tert-OH is 1. The highest BCUT2D eigenvalue weighted by Crippen LogP contribution is 2.72. The van der Waals surface area contributed by atoms with E-state index < -0.39 is 11.5 Å². The van der Waals surface area contributed by atoms with Gasteiger partial charge in [0.1, 0.15) is 10.9 Å². The molecular weight excluding hydrogens is 559 g/mol. The zero-order valence-corrected chi connectivity index (χ0v) is 25.6. The number of ether oxygens (including phenoxy) is 1. The molecule has 8 heteroatoms. The van der Waals surface area contributed by atoms with Gasteiger partial charge in [-0.25, -0.2) is 4.98 Å². The minimum Gasteiger partial charge on any atom is -0.391 e. The number of nitrogens with zero attached hydrogens (tertiary/aromatic N) is 1. The smallest absolute Gasteiger partial charge is 0.236 e. The lowest BCUT2D eigenvalue weighted by atomic mass is 9.51. The number of rotatable bonds is 5. The minimum atomic E-state index is -0.922. The Hall–Kier alpha value is -1.99. The molecule has 3 heterocycles. The summed E-state index contributed by atoms with van der Waals surface area (Å²) in [6.07, 6.45) is 7.35. The quantitative estimate of drug-likeness (QED) is 0.358. The molecule has 6 atom stereocenters. The number of carbonyl (C=O) groups excluding carboxylic acids is 2. The van der Waals surface area contributed by atoms with E-state index in [4.69, 9.17) is 27.9 Å². The van der Waals surface area contributed by atoms with E-state index in [1.165, 1.54) is 0 Å². The van der Waals surface area contributed by atoms with Crippen molar-refractivity contribution < 1.29 is 19.4 Å². The molecule has 2 aliphatic carbocycles. The molecular formula is C33H40Cl2N2O4. The predicted octanol–water partition coefficient (Wildman–Crippen LogP) is 7.10. The first-order valence-electron chi connectivity index (χ1n) is 15.0. The normalized spacial score (nSPS) is 32.6. The van der Waals surface area contributed by atoms with Crippen molar-refractivity contribution in [1.82, 2.24) is 4.98 Å². The molecule has 1 aromatic heterocycles. The average Bonchev–Trinajstić information content (AvgIpc) is 3.38. The van der Waals surface area contributed by atoms with Crippen LogP contribution in [0.25, 0.3) is 0 Å². The van der Waals surface area contributed by atoms with Gasteiger partial charge in [0.25, 0.3) is 0 Å². The topological polar surface area (TPSA) is 88.5 Å². The number of benzene rings is 1. The molecule has 6 nitrogen and oxygen atoms in total. The summed E-state index contributed by atoms with van der Waals surface area (Å²) in [5, 5.41) is 14.1. The van der Waals surface area contributed by atoms with Gasteiger partial charge in [-0.2, -0.15) is 0 Å². The van der Waals surface area contributed by atoms with Crippen LogP contribution < -0.4 is 5.32 Å². The van der Waals surface area contributed by atoms with Crippen LogP contribution in [0, 0.1) is 22.7 Å². The maximum Gasteiger partial charge on any atom is 0.236 e. The van der Waals surface area contributed by atoms with Gasteiger partial charge in [-0.05, 0) is 104 Å². The van der Waals surface area contributed by atoms with Crippen LogP contribution in [0.3, 0.4) is 0 Å². The molecule has 2 N–H and O–H groups in total. The maximum atomic E-state index is 14.6. The van der Waals surface area contributed by atoms with Crippen LogP contribution in [0.1, 0.15) is 89.2 Å². The Bertz CT molecular complexity index is 1340. The summed E-state index contributed by atoms with van der Waals surface area (Å²) in [6.45, 7) is 6.82. The zero-order chi connectivity index (χ0) is 29.2. The van der Waals surface area contributed by atoms with Crippen LogP contribution in [0.15, 0.2) is 36.5 Å². The molecule has 0 radical (unpaired) electrons. The van der Waals surface area contributed by atoms with Crippen molar-refractivity contribution in [2.45, 2.75) is 95.7 Å². The van der Waals surface area contributed by atoms with Gasteiger partial charge in [0.15, 0.2) is 0 Å². The summed E-state index contributed by atoms with van der Waals surface area (Å²) in [4.78, 5) is 33.3. The van der Waals surface area contributed by atoms with E-state index in [0.717, 1.165) is 55.3 Å². The highest BCUT2D eigenvalue weighted by Gasteiger charge is 2.72. The molecule has 2 saturated carbocycles. The summed E-state index contributed by atoms with van der Waals surface area (Å²) < 4.78 is 5.94. The van der Waals surface area contributed by atoms with E-state index in [2.05, 4.69) is 24.1 Å². The van der Waals surface area contributed by atoms with Crippen LogP contribution in [0.5, 0.6) is 0 Å². The first-order chi connectivity index (χ1) is 19.5. The number of ketones is 1. The van der Waals surface area contributed by atoms with Gasteiger partial charge in [-0.15, -0.1) is 0 Å². The minimum absolute atomic E-state index is 0.0384. The van der Waals surface area contributed by atoms with E-state index in [1.54, 1.807) is 13.1 Å². The Labute approximate surface area is 252 Å². The van der Waals surface area contributed by atoms with Crippen molar-refractivity contribution in [2.75, 3.05) is 11.9 Å². The number of pyridine rings is 1. The number of hydrogen-bond acceptors (Lipinski definition) is 5. The fourth-order valence-electron chi connectivity index (χ4n) is 8.67. The number of fused-ring (bicyclic) bond motifs is 3. The molecule has 220 valence electrons. The van der Waals surface area contributed by atoms with Crippen molar-refractivity contribution in [2.24, 2.45) is 22.7 Å².